The van der Waals surface area contributed by atoms with Crippen molar-refractivity contribution in [2.75, 3.05) is 5.88 Å². The standard InChI is InChI=1S/C12H20ClNO/c1-7(6-13)8(2)14-12(15)11-9-4-3-5-10(9)11/h7-11H,3-6H2,1-2H3,(H,14,15). The largest absolute Gasteiger partial charge is 0.353 e. The van der Waals surface area contributed by atoms with Crippen LogP contribution in [0.2, 0.25) is 0 Å². The van der Waals surface area contributed by atoms with Crippen molar-refractivity contribution in [3.05, 3.63) is 0 Å². The van der Waals surface area contributed by atoms with E-state index in [-0.39, 0.29) is 11.9 Å². The van der Waals surface area contributed by atoms with Gasteiger partial charge in [-0.25, -0.2) is 0 Å². The second kappa shape index (κ2) is 4.32. The molecular formula is C12H20ClNO. The zero-order chi connectivity index (χ0) is 11.0. The lowest BCUT2D eigenvalue weighted by atomic mass is 10.1. The van der Waals surface area contributed by atoms with Crippen molar-refractivity contribution in [3.63, 3.8) is 0 Å². The maximum Gasteiger partial charge on any atom is 0.223 e. The lowest BCUT2D eigenvalue weighted by Crippen LogP contribution is -2.39. The Morgan fingerprint density at radius 2 is 2.00 bits per heavy atom. The van der Waals surface area contributed by atoms with Crippen molar-refractivity contribution in [2.45, 2.75) is 39.2 Å². The molecule has 0 bridgehead atoms. The van der Waals surface area contributed by atoms with E-state index < -0.39 is 0 Å². The first-order chi connectivity index (χ1) is 7.15. The van der Waals surface area contributed by atoms with Crippen LogP contribution in [-0.4, -0.2) is 17.8 Å². The van der Waals surface area contributed by atoms with Gasteiger partial charge >= 0.3 is 0 Å². The Labute approximate surface area is 96.8 Å². The van der Waals surface area contributed by atoms with Crippen molar-refractivity contribution in [3.8, 4) is 0 Å². The molecule has 0 aromatic rings. The summed E-state index contributed by atoms with van der Waals surface area (Å²) in [5.41, 5.74) is 0. The monoisotopic (exact) mass is 229 g/mol. The van der Waals surface area contributed by atoms with Gasteiger partial charge in [-0.2, -0.15) is 0 Å². The smallest absolute Gasteiger partial charge is 0.223 e. The van der Waals surface area contributed by atoms with E-state index >= 15 is 0 Å². The molecule has 2 nitrogen and oxygen atoms in total. The Morgan fingerprint density at radius 1 is 1.40 bits per heavy atom. The number of carbonyl (C=O) groups excluding carboxylic acids is 1. The first-order valence-corrected chi connectivity index (χ1v) is 6.55. The van der Waals surface area contributed by atoms with Crippen LogP contribution in [0.1, 0.15) is 33.1 Å². The number of hydrogen-bond acceptors (Lipinski definition) is 1. The first kappa shape index (κ1) is 11.3. The predicted molar refractivity (Wildman–Crippen MR) is 61.8 cm³/mol. The van der Waals surface area contributed by atoms with Crippen LogP contribution in [0.15, 0.2) is 0 Å². The van der Waals surface area contributed by atoms with Gasteiger partial charge in [0.25, 0.3) is 0 Å². The molecule has 2 saturated carbocycles. The van der Waals surface area contributed by atoms with Crippen molar-refractivity contribution in [1.29, 1.82) is 0 Å². The number of halogens is 1. The third-order valence-electron chi connectivity index (χ3n) is 4.18. The molecule has 1 amide bonds. The normalized spacial score (nSPS) is 36.9. The molecule has 0 radical (unpaired) electrons. The van der Waals surface area contributed by atoms with E-state index in [1.54, 1.807) is 0 Å². The lowest BCUT2D eigenvalue weighted by molar-refractivity contribution is -0.123. The van der Waals surface area contributed by atoms with E-state index in [1.807, 2.05) is 6.92 Å². The number of carbonyl (C=O) groups is 1. The van der Waals surface area contributed by atoms with Crippen LogP contribution in [-0.2, 0) is 4.79 Å². The number of fused-ring (bicyclic) bond motifs is 1. The van der Waals surface area contributed by atoms with Crippen LogP contribution in [0, 0.1) is 23.7 Å². The van der Waals surface area contributed by atoms with Gasteiger partial charge in [0.1, 0.15) is 0 Å². The van der Waals surface area contributed by atoms with Crippen molar-refractivity contribution in [2.24, 2.45) is 23.7 Å². The molecule has 2 aliphatic rings. The van der Waals surface area contributed by atoms with Crippen LogP contribution < -0.4 is 5.32 Å². The molecule has 2 rings (SSSR count). The van der Waals surface area contributed by atoms with Gasteiger partial charge in [0.15, 0.2) is 0 Å². The minimum absolute atomic E-state index is 0.205. The van der Waals surface area contributed by atoms with E-state index in [1.165, 1.54) is 19.3 Å². The minimum atomic E-state index is 0.205. The van der Waals surface area contributed by atoms with E-state index in [2.05, 4.69) is 12.2 Å². The predicted octanol–water partition coefficient (Wildman–Crippen LogP) is 2.41. The quantitative estimate of drug-likeness (QED) is 0.737. The summed E-state index contributed by atoms with van der Waals surface area (Å²) in [6, 6.07) is 0.205. The summed E-state index contributed by atoms with van der Waals surface area (Å²) in [5.74, 6) is 3.00. The number of rotatable bonds is 4. The van der Waals surface area contributed by atoms with Gasteiger partial charge < -0.3 is 5.32 Å². The van der Waals surface area contributed by atoms with Gasteiger partial charge in [-0.15, -0.1) is 11.6 Å². The van der Waals surface area contributed by atoms with Crippen molar-refractivity contribution >= 4 is 17.5 Å². The van der Waals surface area contributed by atoms with Gasteiger partial charge in [0.2, 0.25) is 5.91 Å². The van der Waals surface area contributed by atoms with E-state index in [4.69, 9.17) is 11.6 Å². The Kier molecular flexibility index (Phi) is 3.24. The average Bonchev–Trinajstić information content (AvgIpc) is 2.72. The topological polar surface area (TPSA) is 29.1 Å². The Bertz CT molecular complexity index is 246. The molecule has 2 aliphatic carbocycles. The number of amides is 1. The third-order valence-corrected chi connectivity index (χ3v) is 4.66. The van der Waals surface area contributed by atoms with E-state index in [9.17, 15) is 4.79 Å². The molecule has 0 aliphatic heterocycles. The summed E-state index contributed by atoms with van der Waals surface area (Å²) in [4.78, 5) is 11.9. The fourth-order valence-electron chi connectivity index (χ4n) is 2.81. The lowest BCUT2D eigenvalue weighted by Gasteiger charge is -2.19. The second-order valence-electron chi connectivity index (χ2n) is 5.21. The molecule has 0 aromatic carbocycles. The van der Waals surface area contributed by atoms with Gasteiger partial charge in [0.05, 0.1) is 0 Å². The fourth-order valence-corrected chi connectivity index (χ4v) is 3.07. The fraction of sp³-hybridized carbons (Fsp3) is 0.917. The summed E-state index contributed by atoms with van der Waals surface area (Å²) in [6.07, 6.45) is 3.86. The molecular weight excluding hydrogens is 210 g/mol. The molecule has 4 atom stereocenters. The molecule has 2 fully saturated rings. The average molecular weight is 230 g/mol. The molecule has 0 aromatic heterocycles. The highest BCUT2D eigenvalue weighted by atomic mass is 35.5. The van der Waals surface area contributed by atoms with E-state index in [0.29, 0.717) is 29.6 Å². The van der Waals surface area contributed by atoms with Crippen molar-refractivity contribution < 1.29 is 4.79 Å². The third kappa shape index (κ3) is 2.15. The van der Waals surface area contributed by atoms with Crippen LogP contribution in [0.25, 0.3) is 0 Å². The second-order valence-corrected chi connectivity index (χ2v) is 5.52. The number of hydrogen-bond donors (Lipinski definition) is 1. The molecule has 4 unspecified atom stereocenters. The minimum Gasteiger partial charge on any atom is -0.353 e. The zero-order valence-corrected chi connectivity index (χ0v) is 10.3. The van der Waals surface area contributed by atoms with E-state index in [0.717, 1.165) is 0 Å². The Morgan fingerprint density at radius 3 is 2.53 bits per heavy atom. The van der Waals surface area contributed by atoms with Gasteiger partial charge in [0, 0.05) is 17.8 Å². The SMILES string of the molecule is CC(CCl)C(C)NC(=O)C1C2CCCC21. The zero-order valence-electron chi connectivity index (χ0n) is 9.50. The molecule has 3 heteroatoms. The summed E-state index contributed by atoms with van der Waals surface area (Å²) < 4.78 is 0. The molecule has 15 heavy (non-hydrogen) atoms. The van der Waals surface area contributed by atoms with Crippen LogP contribution in [0.3, 0.4) is 0 Å². The Hall–Kier alpha value is -0.240. The highest BCUT2D eigenvalue weighted by molar-refractivity contribution is 6.18. The van der Waals surface area contributed by atoms with Crippen LogP contribution in [0.4, 0.5) is 0 Å². The van der Waals surface area contributed by atoms with Gasteiger partial charge in [-0.1, -0.05) is 13.3 Å². The summed E-state index contributed by atoms with van der Waals surface area (Å²) in [7, 11) is 0. The highest BCUT2D eigenvalue weighted by Crippen LogP contribution is 2.57. The number of nitrogens with one attached hydrogen (secondary N) is 1. The first-order valence-electron chi connectivity index (χ1n) is 6.01. The maximum atomic E-state index is 11.9. The Balaban J connectivity index is 1.78. The summed E-state index contributed by atoms with van der Waals surface area (Å²) in [5, 5.41) is 3.10. The van der Waals surface area contributed by atoms with Gasteiger partial charge in [-0.3, -0.25) is 4.79 Å². The molecule has 0 spiro atoms. The van der Waals surface area contributed by atoms with Crippen molar-refractivity contribution in [1.82, 2.24) is 5.32 Å². The molecule has 86 valence electrons. The van der Waals surface area contributed by atoms with Crippen LogP contribution in [0.5, 0.6) is 0 Å². The highest BCUT2D eigenvalue weighted by Gasteiger charge is 2.56. The molecule has 0 saturated heterocycles. The van der Waals surface area contributed by atoms with Crippen LogP contribution >= 0.6 is 11.6 Å². The van der Waals surface area contributed by atoms with Gasteiger partial charge in [-0.05, 0) is 37.5 Å². The summed E-state index contributed by atoms with van der Waals surface area (Å²) in [6.45, 7) is 4.12. The molecule has 0 heterocycles. The summed E-state index contributed by atoms with van der Waals surface area (Å²) >= 11 is 5.77. The maximum absolute atomic E-state index is 11.9. The number of alkyl halides is 1. The molecule has 1 N–H and O–H groups in total.